The SMILES string of the molecule is c1cc(N(c2ccc(-c3ccc4c(c3)oc3ccccc34)cc2)c2cccc3oc4c5ccccc5ccc4c23)cc(-n2c3ccccc3c3ccccc32)c1. The summed E-state index contributed by atoms with van der Waals surface area (Å²) in [6.45, 7) is 0. The summed E-state index contributed by atoms with van der Waals surface area (Å²) < 4.78 is 15.3. The molecule has 0 fully saturated rings. The van der Waals surface area contributed by atoms with Crippen molar-refractivity contribution in [1.29, 1.82) is 0 Å². The predicted octanol–water partition coefficient (Wildman–Crippen LogP) is 14.9. The number of rotatable bonds is 5. The summed E-state index contributed by atoms with van der Waals surface area (Å²) in [5.74, 6) is 0. The van der Waals surface area contributed by atoms with Crippen LogP contribution in [-0.2, 0) is 0 Å². The third-order valence-electron chi connectivity index (χ3n) is 11.4. The van der Waals surface area contributed by atoms with Gasteiger partial charge < -0.3 is 18.3 Å². The van der Waals surface area contributed by atoms with Gasteiger partial charge in [0.2, 0.25) is 0 Å². The molecule has 0 N–H and O–H groups in total. The second kappa shape index (κ2) is 12.0. The zero-order valence-corrected chi connectivity index (χ0v) is 30.2. The molecule has 12 aromatic rings. The molecule has 0 atom stereocenters. The summed E-state index contributed by atoms with van der Waals surface area (Å²) in [6.07, 6.45) is 0. The first kappa shape index (κ1) is 30.9. The Morgan fingerprint density at radius 2 is 1.02 bits per heavy atom. The lowest BCUT2D eigenvalue weighted by atomic mass is 10.0. The molecule has 0 aliphatic carbocycles. The Balaban J connectivity index is 1.06. The van der Waals surface area contributed by atoms with Crippen molar-refractivity contribution in [1.82, 2.24) is 4.57 Å². The van der Waals surface area contributed by atoms with Gasteiger partial charge in [0.15, 0.2) is 0 Å². The van der Waals surface area contributed by atoms with Crippen molar-refractivity contribution < 1.29 is 8.83 Å². The minimum absolute atomic E-state index is 0.855. The minimum atomic E-state index is 0.855. The first-order chi connectivity index (χ1) is 27.8. The molecular weight excluding hydrogens is 685 g/mol. The van der Waals surface area contributed by atoms with Crippen LogP contribution in [0, 0.1) is 0 Å². The summed E-state index contributed by atoms with van der Waals surface area (Å²) in [6, 6.07) is 69.1. The average Bonchev–Trinajstić information content (AvgIpc) is 3.94. The van der Waals surface area contributed by atoms with E-state index in [0.29, 0.717) is 0 Å². The largest absolute Gasteiger partial charge is 0.456 e. The van der Waals surface area contributed by atoms with E-state index in [1.807, 2.05) is 12.1 Å². The molecule has 0 unspecified atom stereocenters. The van der Waals surface area contributed by atoms with E-state index in [-0.39, 0.29) is 0 Å². The highest BCUT2D eigenvalue weighted by Crippen LogP contribution is 2.45. The molecule has 3 heterocycles. The molecular formula is C52H32N2O2. The van der Waals surface area contributed by atoms with Crippen molar-refractivity contribution in [3.05, 3.63) is 194 Å². The smallest absolute Gasteiger partial charge is 0.143 e. The van der Waals surface area contributed by atoms with Crippen molar-refractivity contribution >= 4 is 93.5 Å². The standard InChI is InChI=1S/C52H32N2O2/c1-2-14-39-34(11-1)25-30-44-51-47(20-10-22-49(51)56-52(39)44)53(36-27-23-33(24-28-36)35-26-29-43-42-17-5-8-21-48(42)55-50(43)31-35)37-12-9-13-38(32-37)54-45-18-6-3-15-40(45)41-16-4-7-19-46(41)54/h1-32H. The van der Waals surface area contributed by atoms with Crippen molar-refractivity contribution in [2.24, 2.45) is 0 Å². The lowest BCUT2D eigenvalue weighted by Crippen LogP contribution is -2.11. The molecule has 9 aromatic carbocycles. The van der Waals surface area contributed by atoms with Gasteiger partial charge in [0.25, 0.3) is 0 Å². The number of hydrogen-bond donors (Lipinski definition) is 0. The molecule has 0 saturated carbocycles. The molecule has 56 heavy (non-hydrogen) atoms. The van der Waals surface area contributed by atoms with Gasteiger partial charge >= 0.3 is 0 Å². The zero-order valence-electron chi connectivity index (χ0n) is 30.2. The molecule has 0 aliphatic heterocycles. The summed E-state index contributed by atoms with van der Waals surface area (Å²) in [7, 11) is 0. The Labute approximate surface area is 321 Å². The van der Waals surface area contributed by atoms with Crippen LogP contribution in [0.1, 0.15) is 0 Å². The number of nitrogens with zero attached hydrogens (tertiary/aromatic N) is 2. The third kappa shape index (κ3) is 4.60. The normalized spacial score (nSPS) is 11.9. The Morgan fingerprint density at radius 3 is 1.84 bits per heavy atom. The van der Waals surface area contributed by atoms with E-state index in [9.17, 15) is 0 Å². The van der Waals surface area contributed by atoms with Crippen LogP contribution in [0.3, 0.4) is 0 Å². The van der Waals surface area contributed by atoms with E-state index in [0.717, 1.165) is 88.5 Å². The fraction of sp³-hybridized carbons (Fsp3) is 0. The van der Waals surface area contributed by atoms with E-state index in [1.54, 1.807) is 0 Å². The molecule has 4 heteroatoms. The second-order valence-electron chi connectivity index (χ2n) is 14.5. The third-order valence-corrected chi connectivity index (χ3v) is 11.4. The maximum absolute atomic E-state index is 6.70. The lowest BCUT2D eigenvalue weighted by molar-refractivity contribution is 0.669. The molecule has 0 saturated heterocycles. The maximum atomic E-state index is 6.70. The Morgan fingerprint density at radius 1 is 0.375 bits per heavy atom. The second-order valence-corrected chi connectivity index (χ2v) is 14.5. The van der Waals surface area contributed by atoms with E-state index < -0.39 is 0 Å². The van der Waals surface area contributed by atoms with Gasteiger partial charge in [0.05, 0.1) is 22.1 Å². The Bertz CT molecular complexity index is 3440. The van der Waals surface area contributed by atoms with Gasteiger partial charge in [-0.15, -0.1) is 0 Å². The highest BCUT2D eigenvalue weighted by molar-refractivity contribution is 6.19. The van der Waals surface area contributed by atoms with Crippen molar-refractivity contribution in [3.63, 3.8) is 0 Å². The van der Waals surface area contributed by atoms with E-state index in [1.165, 1.54) is 21.8 Å². The van der Waals surface area contributed by atoms with Gasteiger partial charge in [-0.2, -0.15) is 0 Å². The number of anilines is 3. The number of aromatic nitrogens is 1. The fourth-order valence-corrected chi connectivity index (χ4v) is 8.83. The number of para-hydroxylation sites is 3. The first-order valence-corrected chi connectivity index (χ1v) is 19.0. The van der Waals surface area contributed by atoms with Gasteiger partial charge in [0, 0.05) is 49.4 Å². The topological polar surface area (TPSA) is 34.5 Å². The Hall–Kier alpha value is -7.56. The molecule has 262 valence electrons. The molecule has 0 amide bonds. The predicted molar refractivity (Wildman–Crippen MR) is 233 cm³/mol. The zero-order chi connectivity index (χ0) is 36.7. The van der Waals surface area contributed by atoms with Crippen LogP contribution in [0.4, 0.5) is 17.1 Å². The van der Waals surface area contributed by atoms with Crippen molar-refractivity contribution in [2.75, 3.05) is 4.90 Å². The van der Waals surface area contributed by atoms with Crippen LogP contribution < -0.4 is 4.90 Å². The van der Waals surface area contributed by atoms with Crippen LogP contribution in [0.15, 0.2) is 203 Å². The molecule has 12 rings (SSSR count). The number of benzene rings is 9. The van der Waals surface area contributed by atoms with Crippen LogP contribution in [0.2, 0.25) is 0 Å². The highest BCUT2D eigenvalue weighted by Gasteiger charge is 2.22. The summed E-state index contributed by atoms with van der Waals surface area (Å²) in [5.41, 5.74) is 12.4. The minimum Gasteiger partial charge on any atom is -0.456 e. The van der Waals surface area contributed by atoms with Crippen LogP contribution in [0.5, 0.6) is 0 Å². The van der Waals surface area contributed by atoms with Gasteiger partial charge in [-0.3, -0.25) is 0 Å². The molecule has 0 radical (unpaired) electrons. The first-order valence-electron chi connectivity index (χ1n) is 19.0. The molecule has 0 spiro atoms. The van der Waals surface area contributed by atoms with Gasteiger partial charge in [-0.1, -0.05) is 115 Å². The number of fused-ring (bicyclic) bond motifs is 11. The van der Waals surface area contributed by atoms with Gasteiger partial charge in [-0.25, -0.2) is 0 Å². The van der Waals surface area contributed by atoms with E-state index in [4.69, 9.17) is 8.83 Å². The van der Waals surface area contributed by atoms with E-state index >= 15 is 0 Å². The average molecular weight is 717 g/mol. The summed E-state index contributed by atoms with van der Waals surface area (Å²) in [5, 5.41) is 9.18. The highest BCUT2D eigenvalue weighted by atomic mass is 16.3. The molecule has 4 nitrogen and oxygen atoms in total. The van der Waals surface area contributed by atoms with Crippen LogP contribution in [0.25, 0.3) is 93.3 Å². The van der Waals surface area contributed by atoms with E-state index in [2.05, 4.69) is 191 Å². The van der Waals surface area contributed by atoms with Gasteiger partial charge in [-0.05, 0) is 95.4 Å². The van der Waals surface area contributed by atoms with Crippen molar-refractivity contribution in [2.45, 2.75) is 0 Å². The van der Waals surface area contributed by atoms with Crippen LogP contribution in [-0.4, -0.2) is 4.57 Å². The lowest BCUT2D eigenvalue weighted by Gasteiger charge is -2.27. The van der Waals surface area contributed by atoms with Crippen LogP contribution >= 0.6 is 0 Å². The monoisotopic (exact) mass is 716 g/mol. The molecule has 3 aromatic heterocycles. The Kier molecular flexibility index (Phi) is 6.60. The molecule has 0 aliphatic rings. The number of hydrogen-bond acceptors (Lipinski definition) is 3. The quantitative estimate of drug-likeness (QED) is 0.178. The maximum Gasteiger partial charge on any atom is 0.143 e. The number of furan rings is 2. The summed E-state index contributed by atoms with van der Waals surface area (Å²) >= 11 is 0. The summed E-state index contributed by atoms with van der Waals surface area (Å²) in [4.78, 5) is 2.37. The van der Waals surface area contributed by atoms with Gasteiger partial charge in [0.1, 0.15) is 22.3 Å². The van der Waals surface area contributed by atoms with Crippen molar-refractivity contribution in [3.8, 4) is 16.8 Å². The molecule has 0 bridgehead atoms. The fourth-order valence-electron chi connectivity index (χ4n) is 8.83.